The van der Waals surface area contributed by atoms with Crippen LogP contribution in [0.1, 0.15) is 11.4 Å². The van der Waals surface area contributed by atoms with Crippen molar-refractivity contribution in [2.24, 2.45) is 0 Å². The van der Waals surface area contributed by atoms with Crippen molar-refractivity contribution in [1.29, 1.82) is 0 Å². The normalized spacial score (nSPS) is 11.1. The summed E-state index contributed by atoms with van der Waals surface area (Å²) in [4.78, 5) is 12.0. The van der Waals surface area contributed by atoms with Gasteiger partial charge in [-0.2, -0.15) is 0 Å². The van der Waals surface area contributed by atoms with E-state index in [1.807, 2.05) is 10.8 Å². The van der Waals surface area contributed by atoms with Crippen molar-refractivity contribution < 1.29 is 13.6 Å². The Kier molecular flexibility index (Phi) is 6.54. The van der Waals surface area contributed by atoms with Gasteiger partial charge < -0.3 is 5.32 Å². The number of amides is 1. The first kappa shape index (κ1) is 19.8. The largest absolute Gasteiger partial charge is 0.352 e. The molecule has 144 valence electrons. The SMILES string of the molecule is CSc1nnc(CCNC(=O)/C=C/c2cccc(F)c2)n1-c1ccc(F)cc1. The number of halogens is 2. The van der Waals surface area contributed by atoms with Gasteiger partial charge in [-0.05, 0) is 54.3 Å². The zero-order valence-corrected chi connectivity index (χ0v) is 15.9. The van der Waals surface area contributed by atoms with Gasteiger partial charge in [-0.15, -0.1) is 10.2 Å². The third-order valence-electron chi connectivity index (χ3n) is 3.89. The molecule has 0 aliphatic heterocycles. The molecule has 0 unspecified atom stereocenters. The number of thioether (sulfide) groups is 1. The summed E-state index contributed by atoms with van der Waals surface area (Å²) in [6.07, 6.45) is 5.23. The zero-order valence-electron chi connectivity index (χ0n) is 15.1. The number of nitrogens with zero attached hydrogens (tertiary/aromatic N) is 3. The van der Waals surface area contributed by atoms with Crippen molar-refractivity contribution in [3.05, 3.63) is 77.6 Å². The molecule has 1 amide bonds. The summed E-state index contributed by atoms with van der Waals surface area (Å²) in [6.45, 7) is 0.347. The lowest BCUT2D eigenvalue weighted by molar-refractivity contribution is -0.116. The Morgan fingerprint density at radius 2 is 1.93 bits per heavy atom. The maximum Gasteiger partial charge on any atom is 0.244 e. The molecule has 3 rings (SSSR count). The van der Waals surface area contributed by atoms with E-state index in [1.54, 1.807) is 30.3 Å². The topological polar surface area (TPSA) is 59.8 Å². The first-order chi connectivity index (χ1) is 13.6. The third kappa shape index (κ3) is 5.04. The number of carbonyl (C=O) groups is 1. The maximum atomic E-state index is 13.2. The Morgan fingerprint density at radius 3 is 2.64 bits per heavy atom. The first-order valence-electron chi connectivity index (χ1n) is 8.52. The summed E-state index contributed by atoms with van der Waals surface area (Å²) in [6, 6.07) is 12.0. The van der Waals surface area contributed by atoms with Crippen LogP contribution in [0.4, 0.5) is 8.78 Å². The smallest absolute Gasteiger partial charge is 0.244 e. The van der Waals surface area contributed by atoms with Crippen LogP contribution in [0.3, 0.4) is 0 Å². The summed E-state index contributed by atoms with van der Waals surface area (Å²) < 4.78 is 28.2. The van der Waals surface area contributed by atoms with Gasteiger partial charge in [-0.25, -0.2) is 8.78 Å². The highest BCUT2D eigenvalue weighted by atomic mass is 32.2. The molecule has 0 aliphatic carbocycles. The minimum Gasteiger partial charge on any atom is -0.352 e. The minimum atomic E-state index is -0.354. The van der Waals surface area contributed by atoms with Gasteiger partial charge in [0.25, 0.3) is 0 Å². The van der Waals surface area contributed by atoms with Gasteiger partial charge in [-0.1, -0.05) is 23.9 Å². The Labute approximate surface area is 165 Å². The van der Waals surface area contributed by atoms with Gasteiger partial charge >= 0.3 is 0 Å². The second-order valence-corrected chi connectivity index (χ2v) is 6.62. The van der Waals surface area contributed by atoms with Crippen LogP contribution in [0.5, 0.6) is 0 Å². The van der Waals surface area contributed by atoms with Gasteiger partial charge in [-0.3, -0.25) is 9.36 Å². The number of nitrogens with one attached hydrogen (secondary N) is 1. The summed E-state index contributed by atoms with van der Waals surface area (Å²) in [7, 11) is 0. The van der Waals surface area contributed by atoms with E-state index in [0.717, 1.165) is 5.69 Å². The molecule has 1 N–H and O–H groups in total. The van der Waals surface area contributed by atoms with E-state index >= 15 is 0 Å². The highest BCUT2D eigenvalue weighted by molar-refractivity contribution is 7.98. The number of carbonyl (C=O) groups excluding carboxylic acids is 1. The van der Waals surface area contributed by atoms with Crippen molar-refractivity contribution in [1.82, 2.24) is 20.1 Å². The number of aromatic nitrogens is 3. The number of hydrogen-bond donors (Lipinski definition) is 1. The van der Waals surface area contributed by atoms with E-state index in [0.29, 0.717) is 29.5 Å². The van der Waals surface area contributed by atoms with E-state index in [1.165, 1.54) is 42.1 Å². The molecule has 1 aromatic heterocycles. The van der Waals surface area contributed by atoms with Crippen LogP contribution in [-0.4, -0.2) is 33.5 Å². The Morgan fingerprint density at radius 1 is 1.14 bits per heavy atom. The van der Waals surface area contributed by atoms with Gasteiger partial charge in [0.15, 0.2) is 5.16 Å². The molecule has 0 radical (unpaired) electrons. The van der Waals surface area contributed by atoms with Gasteiger partial charge in [0.1, 0.15) is 17.5 Å². The molecule has 3 aromatic rings. The average Bonchev–Trinajstić information content (AvgIpc) is 3.10. The fourth-order valence-corrected chi connectivity index (χ4v) is 3.10. The first-order valence-corrected chi connectivity index (χ1v) is 9.75. The van der Waals surface area contributed by atoms with Gasteiger partial charge in [0.2, 0.25) is 5.91 Å². The van der Waals surface area contributed by atoms with E-state index in [2.05, 4.69) is 15.5 Å². The monoisotopic (exact) mass is 400 g/mol. The molecule has 0 spiro atoms. The lowest BCUT2D eigenvalue weighted by Gasteiger charge is -2.09. The molecule has 0 fully saturated rings. The summed E-state index contributed by atoms with van der Waals surface area (Å²) in [5.41, 5.74) is 1.36. The van der Waals surface area contributed by atoms with Gasteiger partial charge in [0.05, 0.1) is 0 Å². The van der Waals surface area contributed by atoms with Crippen LogP contribution in [0.15, 0.2) is 59.8 Å². The highest BCUT2D eigenvalue weighted by Gasteiger charge is 2.13. The summed E-state index contributed by atoms with van der Waals surface area (Å²) in [5, 5.41) is 11.8. The number of rotatable bonds is 7. The number of benzene rings is 2. The molecule has 0 atom stereocenters. The Bertz CT molecular complexity index is 986. The molecular weight excluding hydrogens is 382 g/mol. The third-order valence-corrected chi connectivity index (χ3v) is 4.52. The van der Waals surface area contributed by atoms with E-state index in [9.17, 15) is 13.6 Å². The lowest BCUT2D eigenvalue weighted by atomic mass is 10.2. The zero-order chi connectivity index (χ0) is 19.9. The highest BCUT2D eigenvalue weighted by Crippen LogP contribution is 2.20. The molecular formula is C20H18F2N4OS. The standard InChI is InChI=1S/C20H18F2N4OS/c1-28-20-25-24-18(26(20)17-8-6-15(21)7-9-17)11-12-23-19(27)10-5-14-3-2-4-16(22)13-14/h2-10,13H,11-12H2,1H3,(H,23,27)/b10-5+. The van der Waals surface area contributed by atoms with Crippen molar-refractivity contribution in [3.8, 4) is 5.69 Å². The second-order valence-electron chi connectivity index (χ2n) is 5.84. The van der Waals surface area contributed by atoms with Crippen molar-refractivity contribution >= 4 is 23.7 Å². The second kappa shape index (κ2) is 9.27. The number of hydrogen-bond acceptors (Lipinski definition) is 4. The van der Waals surface area contributed by atoms with E-state index < -0.39 is 0 Å². The fourth-order valence-electron chi connectivity index (χ4n) is 2.58. The molecule has 0 saturated heterocycles. The van der Waals surface area contributed by atoms with Crippen LogP contribution in [0.25, 0.3) is 11.8 Å². The minimum absolute atomic E-state index is 0.290. The molecule has 2 aromatic carbocycles. The molecule has 1 heterocycles. The maximum absolute atomic E-state index is 13.2. The molecule has 5 nitrogen and oxygen atoms in total. The van der Waals surface area contributed by atoms with E-state index in [-0.39, 0.29) is 17.5 Å². The summed E-state index contributed by atoms with van der Waals surface area (Å²) >= 11 is 1.43. The summed E-state index contributed by atoms with van der Waals surface area (Å²) in [5.74, 6) is -0.304. The molecule has 28 heavy (non-hydrogen) atoms. The Balaban J connectivity index is 1.62. The van der Waals surface area contributed by atoms with Gasteiger partial charge in [0, 0.05) is 24.7 Å². The molecule has 0 saturated carbocycles. The molecule has 0 bridgehead atoms. The van der Waals surface area contributed by atoms with Crippen LogP contribution < -0.4 is 5.32 Å². The van der Waals surface area contributed by atoms with Crippen molar-refractivity contribution in [2.75, 3.05) is 12.8 Å². The average molecular weight is 400 g/mol. The lowest BCUT2D eigenvalue weighted by Crippen LogP contribution is -2.24. The predicted octanol–water partition coefficient (Wildman–Crippen LogP) is 3.64. The molecule has 0 aliphatic rings. The van der Waals surface area contributed by atoms with Crippen LogP contribution in [-0.2, 0) is 11.2 Å². The van der Waals surface area contributed by atoms with Crippen LogP contribution in [0, 0.1) is 11.6 Å². The quantitative estimate of drug-likeness (QED) is 0.486. The predicted molar refractivity (Wildman–Crippen MR) is 105 cm³/mol. The van der Waals surface area contributed by atoms with Crippen LogP contribution >= 0.6 is 11.8 Å². The fraction of sp³-hybridized carbons (Fsp3) is 0.150. The van der Waals surface area contributed by atoms with Crippen molar-refractivity contribution in [3.63, 3.8) is 0 Å². The van der Waals surface area contributed by atoms with E-state index in [4.69, 9.17) is 0 Å². The van der Waals surface area contributed by atoms with Crippen molar-refractivity contribution in [2.45, 2.75) is 11.6 Å². The Hall–Kier alpha value is -3.00. The molecule has 8 heteroatoms. The van der Waals surface area contributed by atoms with Crippen LogP contribution in [0.2, 0.25) is 0 Å².